The molecular formula is C16H19N3S. The van der Waals surface area contributed by atoms with E-state index in [-0.39, 0.29) is 0 Å². The molecule has 0 amide bonds. The Balaban J connectivity index is 1.66. The highest BCUT2D eigenvalue weighted by atomic mass is 32.1. The minimum atomic E-state index is 0.850. The Morgan fingerprint density at radius 3 is 2.85 bits per heavy atom. The molecule has 0 spiro atoms. The van der Waals surface area contributed by atoms with Crippen molar-refractivity contribution in [2.75, 3.05) is 13.6 Å². The van der Waals surface area contributed by atoms with Gasteiger partial charge in [0.1, 0.15) is 0 Å². The van der Waals surface area contributed by atoms with Crippen LogP contribution >= 0.6 is 11.3 Å². The fraction of sp³-hybridized carbons (Fsp3) is 0.312. The molecule has 0 bridgehead atoms. The maximum atomic E-state index is 4.42. The minimum absolute atomic E-state index is 0.850. The highest BCUT2D eigenvalue weighted by Crippen LogP contribution is 2.18. The Labute approximate surface area is 124 Å². The van der Waals surface area contributed by atoms with Gasteiger partial charge in [-0.3, -0.25) is 4.99 Å². The van der Waals surface area contributed by atoms with E-state index in [1.807, 2.05) is 7.05 Å². The number of nitrogens with zero attached hydrogens (tertiary/aromatic N) is 2. The first kappa shape index (κ1) is 13.2. The van der Waals surface area contributed by atoms with Crippen LogP contribution in [0.2, 0.25) is 0 Å². The summed E-state index contributed by atoms with van der Waals surface area (Å²) >= 11 is 1.77. The summed E-state index contributed by atoms with van der Waals surface area (Å²) in [5.74, 6) is 0.993. The lowest BCUT2D eigenvalue weighted by molar-refractivity contribution is 0.378. The Kier molecular flexibility index (Phi) is 4.02. The Bertz CT molecular complexity index is 590. The number of nitrogens with one attached hydrogen (secondary N) is 1. The predicted octanol–water partition coefficient (Wildman–Crippen LogP) is 2.88. The minimum Gasteiger partial charge on any atom is -0.351 e. The maximum absolute atomic E-state index is 4.42. The number of benzene rings is 1. The van der Waals surface area contributed by atoms with Crippen LogP contribution in [-0.4, -0.2) is 24.5 Å². The van der Waals surface area contributed by atoms with Gasteiger partial charge >= 0.3 is 0 Å². The molecule has 0 aliphatic carbocycles. The van der Waals surface area contributed by atoms with Crippen LogP contribution in [-0.2, 0) is 19.5 Å². The highest BCUT2D eigenvalue weighted by Gasteiger charge is 2.18. The summed E-state index contributed by atoms with van der Waals surface area (Å²) < 4.78 is 0. The SMILES string of the molecule is CN=C(NCc1cccs1)N1CCc2ccccc2C1. The van der Waals surface area contributed by atoms with E-state index in [4.69, 9.17) is 0 Å². The summed E-state index contributed by atoms with van der Waals surface area (Å²) in [6.45, 7) is 2.82. The van der Waals surface area contributed by atoms with Crippen LogP contribution < -0.4 is 5.32 Å². The molecule has 2 heterocycles. The molecule has 0 saturated heterocycles. The van der Waals surface area contributed by atoms with E-state index in [2.05, 4.69) is 57.0 Å². The van der Waals surface area contributed by atoms with Crippen molar-refractivity contribution in [1.82, 2.24) is 10.2 Å². The van der Waals surface area contributed by atoms with Gasteiger partial charge in [0, 0.05) is 25.0 Å². The largest absolute Gasteiger partial charge is 0.351 e. The molecule has 0 fully saturated rings. The summed E-state index contributed by atoms with van der Waals surface area (Å²) in [4.78, 5) is 8.09. The number of rotatable bonds is 2. The summed E-state index contributed by atoms with van der Waals surface area (Å²) in [5.41, 5.74) is 2.88. The molecule has 4 heteroatoms. The van der Waals surface area contributed by atoms with Crippen molar-refractivity contribution in [3.8, 4) is 0 Å². The summed E-state index contributed by atoms with van der Waals surface area (Å²) in [5, 5.41) is 5.57. The third-order valence-electron chi connectivity index (χ3n) is 3.64. The van der Waals surface area contributed by atoms with Crippen molar-refractivity contribution in [2.45, 2.75) is 19.5 Å². The fourth-order valence-electron chi connectivity index (χ4n) is 2.59. The summed E-state index contributed by atoms with van der Waals surface area (Å²) in [6.07, 6.45) is 1.09. The zero-order valence-corrected chi connectivity index (χ0v) is 12.5. The van der Waals surface area contributed by atoms with Gasteiger partial charge in [0.2, 0.25) is 0 Å². The molecule has 3 rings (SSSR count). The molecule has 1 aliphatic rings. The van der Waals surface area contributed by atoms with E-state index >= 15 is 0 Å². The van der Waals surface area contributed by atoms with Crippen LogP contribution in [0.4, 0.5) is 0 Å². The molecule has 1 aromatic heterocycles. The van der Waals surface area contributed by atoms with E-state index < -0.39 is 0 Å². The van der Waals surface area contributed by atoms with E-state index in [1.165, 1.54) is 16.0 Å². The number of hydrogen-bond donors (Lipinski definition) is 1. The van der Waals surface area contributed by atoms with Crippen molar-refractivity contribution in [1.29, 1.82) is 0 Å². The first-order valence-electron chi connectivity index (χ1n) is 6.91. The van der Waals surface area contributed by atoms with Crippen molar-refractivity contribution in [2.24, 2.45) is 4.99 Å². The zero-order chi connectivity index (χ0) is 13.8. The van der Waals surface area contributed by atoms with Gasteiger partial charge in [-0.1, -0.05) is 30.3 Å². The van der Waals surface area contributed by atoms with E-state index in [9.17, 15) is 0 Å². The second kappa shape index (κ2) is 6.09. The van der Waals surface area contributed by atoms with Crippen LogP contribution in [0.15, 0.2) is 46.8 Å². The van der Waals surface area contributed by atoms with Crippen LogP contribution in [0.3, 0.4) is 0 Å². The lowest BCUT2D eigenvalue weighted by atomic mass is 10.0. The smallest absolute Gasteiger partial charge is 0.194 e. The van der Waals surface area contributed by atoms with Gasteiger partial charge in [-0.15, -0.1) is 11.3 Å². The predicted molar refractivity (Wildman–Crippen MR) is 85.1 cm³/mol. The quantitative estimate of drug-likeness (QED) is 0.678. The van der Waals surface area contributed by atoms with Crippen LogP contribution in [0.25, 0.3) is 0 Å². The van der Waals surface area contributed by atoms with Gasteiger partial charge < -0.3 is 10.2 Å². The molecule has 0 unspecified atom stereocenters. The normalized spacial score (nSPS) is 15.1. The maximum Gasteiger partial charge on any atom is 0.194 e. The first-order valence-corrected chi connectivity index (χ1v) is 7.79. The first-order chi connectivity index (χ1) is 9.86. The van der Waals surface area contributed by atoms with Gasteiger partial charge in [0.25, 0.3) is 0 Å². The third kappa shape index (κ3) is 2.85. The average molecular weight is 285 g/mol. The van der Waals surface area contributed by atoms with Crippen molar-refractivity contribution in [3.63, 3.8) is 0 Å². The zero-order valence-electron chi connectivity index (χ0n) is 11.7. The molecular weight excluding hydrogens is 266 g/mol. The Hall–Kier alpha value is -1.81. The van der Waals surface area contributed by atoms with E-state index in [1.54, 1.807) is 11.3 Å². The summed E-state index contributed by atoms with van der Waals surface area (Å²) in [6, 6.07) is 12.9. The molecule has 1 aliphatic heterocycles. The van der Waals surface area contributed by atoms with Gasteiger partial charge in [0.15, 0.2) is 5.96 Å². The van der Waals surface area contributed by atoms with E-state index in [0.717, 1.165) is 32.0 Å². The molecule has 20 heavy (non-hydrogen) atoms. The standard InChI is InChI=1S/C16H19N3S/c1-17-16(18-11-15-7-4-10-20-15)19-9-8-13-5-2-3-6-14(13)12-19/h2-7,10H,8-9,11-12H2,1H3,(H,17,18). The molecule has 2 aromatic rings. The number of fused-ring (bicyclic) bond motifs is 1. The number of thiophene rings is 1. The lowest BCUT2D eigenvalue weighted by Gasteiger charge is -2.31. The van der Waals surface area contributed by atoms with Crippen LogP contribution in [0.5, 0.6) is 0 Å². The second-order valence-electron chi connectivity index (χ2n) is 4.92. The molecule has 1 N–H and O–H groups in total. The molecule has 0 radical (unpaired) electrons. The topological polar surface area (TPSA) is 27.6 Å². The number of hydrogen-bond acceptors (Lipinski definition) is 2. The summed E-state index contributed by atoms with van der Waals surface area (Å²) in [7, 11) is 1.86. The van der Waals surface area contributed by atoms with Crippen LogP contribution in [0, 0.1) is 0 Å². The lowest BCUT2D eigenvalue weighted by Crippen LogP contribution is -2.43. The van der Waals surface area contributed by atoms with Crippen molar-refractivity contribution < 1.29 is 0 Å². The van der Waals surface area contributed by atoms with Crippen molar-refractivity contribution >= 4 is 17.3 Å². The van der Waals surface area contributed by atoms with Crippen molar-refractivity contribution in [3.05, 3.63) is 57.8 Å². The molecule has 104 valence electrons. The highest BCUT2D eigenvalue weighted by molar-refractivity contribution is 7.09. The van der Waals surface area contributed by atoms with Gasteiger partial charge in [-0.05, 0) is 29.0 Å². The van der Waals surface area contributed by atoms with E-state index in [0.29, 0.717) is 0 Å². The fourth-order valence-corrected chi connectivity index (χ4v) is 3.23. The second-order valence-corrected chi connectivity index (χ2v) is 5.95. The number of guanidine groups is 1. The third-order valence-corrected chi connectivity index (χ3v) is 4.52. The number of aliphatic imine (C=N–C) groups is 1. The Morgan fingerprint density at radius 1 is 1.25 bits per heavy atom. The average Bonchev–Trinajstić information content (AvgIpc) is 3.01. The van der Waals surface area contributed by atoms with Gasteiger partial charge in [0.05, 0.1) is 6.54 Å². The monoisotopic (exact) mass is 285 g/mol. The molecule has 0 atom stereocenters. The van der Waals surface area contributed by atoms with Gasteiger partial charge in [-0.2, -0.15) is 0 Å². The Morgan fingerprint density at radius 2 is 2.10 bits per heavy atom. The molecule has 1 aromatic carbocycles. The molecule has 3 nitrogen and oxygen atoms in total. The van der Waals surface area contributed by atoms with Gasteiger partial charge in [-0.25, -0.2) is 0 Å². The van der Waals surface area contributed by atoms with Crippen LogP contribution in [0.1, 0.15) is 16.0 Å². The molecule has 0 saturated carbocycles.